The van der Waals surface area contributed by atoms with Crippen molar-refractivity contribution in [2.45, 2.75) is 46.2 Å². The van der Waals surface area contributed by atoms with E-state index in [1.165, 1.54) is 12.0 Å². The van der Waals surface area contributed by atoms with Gasteiger partial charge in [-0.2, -0.15) is 0 Å². The first-order valence-corrected chi connectivity index (χ1v) is 8.43. The fourth-order valence-electron chi connectivity index (χ4n) is 2.32. The van der Waals surface area contributed by atoms with Crippen LogP contribution in [0.25, 0.3) is 0 Å². The van der Waals surface area contributed by atoms with E-state index in [4.69, 9.17) is 0 Å². The summed E-state index contributed by atoms with van der Waals surface area (Å²) < 4.78 is 27.9. The van der Waals surface area contributed by atoms with Gasteiger partial charge in [-0.1, -0.05) is 20.8 Å². The highest BCUT2D eigenvalue weighted by Gasteiger charge is 2.42. The van der Waals surface area contributed by atoms with Gasteiger partial charge in [-0.05, 0) is 13.3 Å². The molecule has 0 bridgehead atoms. The normalized spacial score (nSPS) is 23.1. The molecule has 1 fully saturated rings. The predicted molar refractivity (Wildman–Crippen MR) is 74.8 cm³/mol. The third-order valence-corrected chi connectivity index (χ3v) is 5.19. The summed E-state index contributed by atoms with van der Waals surface area (Å²) in [5.74, 6) is -0.806. The zero-order valence-corrected chi connectivity index (χ0v) is 13.5. The van der Waals surface area contributed by atoms with Gasteiger partial charge in [-0.3, -0.25) is 4.79 Å². The predicted octanol–water partition coefficient (Wildman–Crippen LogP) is 0.610. The maximum Gasteiger partial charge on any atom is 0.328 e. The fourth-order valence-corrected chi connectivity index (χ4v) is 4.04. The van der Waals surface area contributed by atoms with E-state index in [2.05, 4.69) is 4.74 Å². The van der Waals surface area contributed by atoms with Crippen molar-refractivity contribution in [2.24, 2.45) is 5.41 Å². The second-order valence-electron chi connectivity index (χ2n) is 6.22. The standard InChI is InChI=1S/C13H23NO5S/c1-9(11(15)19-5)14(12(16)13(2,3)4)10-6-7-20(17,18)8-10/h9-10H,6-8H2,1-5H3/t9-,10-/m0/s1. The number of carbonyl (C=O) groups excluding carboxylic acids is 2. The molecule has 1 amide bonds. The van der Waals surface area contributed by atoms with Gasteiger partial charge in [0, 0.05) is 11.5 Å². The summed E-state index contributed by atoms with van der Waals surface area (Å²) in [6, 6.07) is -1.24. The Morgan fingerprint density at radius 3 is 2.20 bits per heavy atom. The topological polar surface area (TPSA) is 80.8 Å². The molecule has 0 aromatic heterocycles. The summed E-state index contributed by atoms with van der Waals surface area (Å²) in [5.41, 5.74) is -0.686. The lowest BCUT2D eigenvalue weighted by atomic mass is 9.92. The summed E-state index contributed by atoms with van der Waals surface area (Å²) in [6.07, 6.45) is 0.367. The molecule has 6 nitrogen and oxygen atoms in total. The van der Waals surface area contributed by atoms with Gasteiger partial charge >= 0.3 is 5.97 Å². The summed E-state index contributed by atoms with van der Waals surface area (Å²) in [7, 11) is -1.88. The van der Waals surface area contributed by atoms with E-state index in [0.717, 1.165) is 0 Å². The monoisotopic (exact) mass is 305 g/mol. The van der Waals surface area contributed by atoms with Gasteiger partial charge in [0.05, 0.1) is 18.6 Å². The Labute approximate surface area is 120 Å². The Hall–Kier alpha value is -1.11. The van der Waals surface area contributed by atoms with Gasteiger partial charge in [0.2, 0.25) is 5.91 Å². The van der Waals surface area contributed by atoms with Crippen LogP contribution in [0.15, 0.2) is 0 Å². The molecule has 0 unspecified atom stereocenters. The lowest BCUT2D eigenvalue weighted by Gasteiger charge is -2.36. The quantitative estimate of drug-likeness (QED) is 0.714. The van der Waals surface area contributed by atoms with Crippen LogP contribution in [0.1, 0.15) is 34.1 Å². The Balaban J connectivity index is 3.09. The summed E-state index contributed by atoms with van der Waals surface area (Å²) in [5, 5.41) is 0. The van der Waals surface area contributed by atoms with E-state index < -0.39 is 33.3 Å². The molecule has 0 N–H and O–H groups in total. The summed E-state index contributed by atoms with van der Waals surface area (Å²) in [6.45, 7) is 6.81. The minimum atomic E-state index is -3.13. The number of amides is 1. The molecule has 1 heterocycles. The van der Waals surface area contributed by atoms with Crippen LogP contribution in [0.4, 0.5) is 0 Å². The van der Waals surface area contributed by atoms with E-state index >= 15 is 0 Å². The molecule has 0 aromatic rings. The molecule has 116 valence electrons. The Morgan fingerprint density at radius 1 is 1.30 bits per heavy atom. The fraction of sp³-hybridized carbons (Fsp3) is 0.846. The van der Waals surface area contributed by atoms with E-state index in [-0.39, 0.29) is 17.4 Å². The largest absolute Gasteiger partial charge is 0.467 e. The van der Waals surface area contributed by atoms with Crippen LogP contribution in [0.3, 0.4) is 0 Å². The molecule has 2 atom stereocenters. The van der Waals surface area contributed by atoms with Gasteiger partial charge in [0.15, 0.2) is 9.84 Å². The van der Waals surface area contributed by atoms with E-state index in [9.17, 15) is 18.0 Å². The molecule has 7 heteroatoms. The second kappa shape index (κ2) is 5.71. The maximum atomic E-state index is 12.5. The molecule has 1 aliphatic heterocycles. The molecular weight excluding hydrogens is 282 g/mol. The first-order valence-electron chi connectivity index (χ1n) is 6.60. The first kappa shape index (κ1) is 16.9. The molecule has 0 spiro atoms. The van der Waals surface area contributed by atoms with Crippen LogP contribution < -0.4 is 0 Å². The minimum absolute atomic E-state index is 0.0550. The molecule has 1 aliphatic rings. The van der Waals surface area contributed by atoms with Crippen molar-refractivity contribution >= 4 is 21.7 Å². The number of carbonyl (C=O) groups is 2. The second-order valence-corrected chi connectivity index (χ2v) is 8.45. The number of hydrogen-bond acceptors (Lipinski definition) is 5. The smallest absolute Gasteiger partial charge is 0.328 e. The Morgan fingerprint density at radius 2 is 1.85 bits per heavy atom. The molecule has 0 saturated carbocycles. The zero-order valence-electron chi connectivity index (χ0n) is 12.7. The highest BCUT2D eigenvalue weighted by molar-refractivity contribution is 7.91. The summed E-state index contributed by atoms with van der Waals surface area (Å²) in [4.78, 5) is 25.7. The van der Waals surface area contributed by atoms with Crippen molar-refractivity contribution in [3.63, 3.8) is 0 Å². The van der Waals surface area contributed by atoms with Crippen molar-refractivity contribution in [3.05, 3.63) is 0 Å². The van der Waals surface area contributed by atoms with Gasteiger partial charge < -0.3 is 9.64 Å². The van der Waals surface area contributed by atoms with Crippen LogP contribution in [-0.2, 0) is 24.2 Å². The average Bonchev–Trinajstić information content (AvgIpc) is 2.67. The zero-order chi connectivity index (χ0) is 15.7. The number of ether oxygens (including phenoxy) is 1. The number of methoxy groups -OCH3 is 1. The lowest BCUT2D eigenvalue weighted by molar-refractivity contribution is -0.157. The summed E-state index contributed by atoms with van der Waals surface area (Å²) >= 11 is 0. The van der Waals surface area contributed by atoms with E-state index in [1.54, 1.807) is 27.7 Å². The van der Waals surface area contributed by atoms with Gasteiger partial charge in [-0.15, -0.1) is 0 Å². The highest BCUT2D eigenvalue weighted by atomic mass is 32.2. The van der Waals surface area contributed by atoms with Crippen molar-refractivity contribution in [1.82, 2.24) is 4.90 Å². The van der Waals surface area contributed by atoms with Gasteiger partial charge in [0.1, 0.15) is 6.04 Å². The van der Waals surface area contributed by atoms with E-state index in [0.29, 0.717) is 6.42 Å². The average molecular weight is 305 g/mol. The van der Waals surface area contributed by atoms with Crippen molar-refractivity contribution in [1.29, 1.82) is 0 Å². The highest BCUT2D eigenvalue weighted by Crippen LogP contribution is 2.26. The van der Waals surface area contributed by atoms with Crippen molar-refractivity contribution < 1.29 is 22.7 Å². The molecule has 1 saturated heterocycles. The number of hydrogen-bond donors (Lipinski definition) is 0. The molecule has 0 aliphatic carbocycles. The van der Waals surface area contributed by atoms with Crippen molar-refractivity contribution in [3.8, 4) is 0 Å². The third-order valence-electron chi connectivity index (χ3n) is 3.44. The van der Waals surface area contributed by atoms with E-state index in [1.807, 2.05) is 0 Å². The van der Waals surface area contributed by atoms with Crippen molar-refractivity contribution in [2.75, 3.05) is 18.6 Å². The maximum absolute atomic E-state index is 12.5. The Kier molecular flexibility index (Phi) is 4.84. The van der Waals surface area contributed by atoms with Crippen LogP contribution in [0.5, 0.6) is 0 Å². The number of nitrogens with zero attached hydrogens (tertiary/aromatic N) is 1. The number of rotatable bonds is 3. The number of sulfone groups is 1. The lowest BCUT2D eigenvalue weighted by Crippen LogP contribution is -2.53. The van der Waals surface area contributed by atoms with Crippen LogP contribution in [0, 0.1) is 5.41 Å². The van der Waals surface area contributed by atoms with Crippen LogP contribution in [0.2, 0.25) is 0 Å². The van der Waals surface area contributed by atoms with Gasteiger partial charge in [-0.25, -0.2) is 13.2 Å². The third kappa shape index (κ3) is 3.71. The van der Waals surface area contributed by atoms with Crippen LogP contribution in [-0.4, -0.2) is 55.9 Å². The SMILES string of the molecule is COC(=O)[C@H](C)N(C(=O)C(C)(C)C)[C@H]1CCS(=O)(=O)C1. The minimum Gasteiger partial charge on any atom is -0.467 e. The van der Waals surface area contributed by atoms with Gasteiger partial charge in [0.25, 0.3) is 0 Å². The molecule has 20 heavy (non-hydrogen) atoms. The first-order chi connectivity index (χ1) is 8.99. The molecule has 0 aromatic carbocycles. The van der Waals surface area contributed by atoms with Crippen LogP contribution >= 0.6 is 0 Å². The molecule has 0 radical (unpaired) electrons. The Bertz CT molecular complexity index is 491. The molecule has 1 rings (SSSR count). The number of esters is 1. The molecular formula is C13H23NO5S.